The van der Waals surface area contributed by atoms with E-state index in [2.05, 4.69) is 9.71 Å². The SMILES string of the molecule is Fc1ccc(NC2SN=C3C=CC=CN32)cc1. The Bertz CT molecular complexity index is 507. The van der Waals surface area contributed by atoms with Crippen molar-refractivity contribution in [3.05, 3.63) is 54.5 Å². The van der Waals surface area contributed by atoms with Gasteiger partial charge < -0.3 is 10.2 Å². The molecular formula is C12H10FN3S. The third-order valence-electron chi connectivity index (χ3n) is 2.50. The topological polar surface area (TPSA) is 27.6 Å². The Hall–Kier alpha value is -1.75. The predicted molar refractivity (Wildman–Crippen MR) is 69.0 cm³/mol. The minimum atomic E-state index is -0.229. The van der Waals surface area contributed by atoms with Crippen LogP contribution in [-0.4, -0.2) is 16.2 Å². The number of nitrogens with zero attached hydrogens (tertiary/aromatic N) is 2. The number of hydrogen-bond donors (Lipinski definition) is 1. The van der Waals surface area contributed by atoms with E-state index in [9.17, 15) is 4.39 Å². The van der Waals surface area contributed by atoms with Crippen molar-refractivity contribution in [2.75, 3.05) is 5.32 Å². The summed E-state index contributed by atoms with van der Waals surface area (Å²) in [7, 11) is 0. The van der Waals surface area contributed by atoms with Crippen LogP contribution in [0.5, 0.6) is 0 Å². The summed E-state index contributed by atoms with van der Waals surface area (Å²) in [6, 6.07) is 6.32. The van der Waals surface area contributed by atoms with Crippen LogP contribution >= 0.6 is 11.9 Å². The molecule has 1 N–H and O–H groups in total. The third-order valence-corrected chi connectivity index (χ3v) is 3.34. The molecule has 3 nitrogen and oxygen atoms in total. The molecule has 2 heterocycles. The molecule has 3 rings (SSSR count). The van der Waals surface area contributed by atoms with Crippen molar-refractivity contribution in [2.45, 2.75) is 5.50 Å². The van der Waals surface area contributed by atoms with E-state index in [1.807, 2.05) is 29.3 Å². The van der Waals surface area contributed by atoms with Crippen LogP contribution < -0.4 is 5.32 Å². The van der Waals surface area contributed by atoms with Gasteiger partial charge in [-0.15, -0.1) is 0 Å². The first-order chi connectivity index (χ1) is 8.33. The molecule has 0 spiro atoms. The van der Waals surface area contributed by atoms with Gasteiger partial charge in [0.1, 0.15) is 11.7 Å². The monoisotopic (exact) mass is 247 g/mol. The predicted octanol–water partition coefficient (Wildman–Crippen LogP) is 2.97. The van der Waals surface area contributed by atoms with E-state index in [4.69, 9.17) is 0 Å². The number of fused-ring (bicyclic) bond motifs is 1. The number of benzene rings is 1. The summed E-state index contributed by atoms with van der Waals surface area (Å²) in [4.78, 5) is 2.04. The maximum Gasteiger partial charge on any atom is 0.174 e. The highest BCUT2D eigenvalue weighted by atomic mass is 32.2. The number of anilines is 1. The number of allylic oxidation sites excluding steroid dienone is 2. The van der Waals surface area contributed by atoms with Crippen LogP contribution in [0.1, 0.15) is 0 Å². The van der Waals surface area contributed by atoms with Crippen LogP contribution in [0.4, 0.5) is 10.1 Å². The van der Waals surface area contributed by atoms with Crippen molar-refractivity contribution in [2.24, 2.45) is 4.40 Å². The van der Waals surface area contributed by atoms with Gasteiger partial charge in [0.2, 0.25) is 0 Å². The van der Waals surface area contributed by atoms with Crippen LogP contribution in [0.25, 0.3) is 0 Å². The van der Waals surface area contributed by atoms with Crippen molar-refractivity contribution in [1.29, 1.82) is 0 Å². The second kappa shape index (κ2) is 4.25. The molecule has 1 aromatic rings. The molecule has 0 aliphatic carbocycles. The minimum Gasteiger partial charge on any atom is -0.355 e. The molecule has 86 valence electrons. The molecule has 0 saturated heterocycles. The normalized spacial score (nSPS) is 21.4. The van der Waals surface area contributed by atoms with Crippen LogP contribution in [0.3, 0.4) is 0 Å². The average molecular weight is 247 g/mol. The zero-order valence-electron chi connectivity index (χ0n) is 8.88. The molecule has 0 radical (unpaired) electrons. The molecule has 0 bridgehead atoms. The van der Waals surface area contributed by atoms with Crippen LogP contribution in [0.15, 0.2) is 53.1 Å². The first kappa shape index (κ1) is 10.4. The summed E-state index contributed by atoms with van der Waals surface area (Å²) in [5, 5.41) is 3.29. The number of hydrogen-bond acceptors (Lipinski definition) is 4. The Morgan fingerprint density at radius 3 is 2.88 bits per heavy atom. The molecule has 0 fully saturated rings. The maximum absolute atomic E-state index is 12.8. The molecule has 2 aliphatic rings. The van der Waals surface area contributed by atoms with E-state index >= 15 is 0 Å². The van der Waals surface area contributed by atoms with E-state index < -0.39 is 0 Å². The smallest absolute Gasteiger partial charge is 0.174 e. The standard InChI is InChI=1S/C12H10FN3S/c13-9-4-6-10(7-5-9)14-12-16-8-2-1-3-11(16)15-17-12/h1-8,12,14H. The highest BCUT2D eigenvalue weighted by Gasteiger charge is 2.26. The second-order valence-corrected chi connectivity index (χ2v) is 4.51. The zero-order valence-corrected chi connectivity index (χ0v) is 9.69. The maximum atomic E-state index is 12.8. The van der Waals surface area contributed by atoms with Crippen molar-refractivity contribution < 1.29 is 4.39 Å². The molecule has 1 unspecified atom stereocenters. The number of halogens is 1. The van der Waals surface area contributed by atoms with Crippen LogP contribution in [-0.2, 0) is 0 Å². The zero-order chi connectivity index (χ0) is 11.7. The summed E-state index contributed by atoms with van der Waals surface area (Å²) in [6.07, 6.45) is 7.85. The van der Waals surface area contributed by atoms with E-state index in [1.54, 1.807) is 12.1 Å². The van der Waals surface area contributed by atoms with Crippen LogP contribution in [0.2, 0.25) is 0 Å². The molecule has 0 aromatic heterocycles. The highest BCUT2D eigenvalue weighted by molar-refractivity contribution is 7.99. The van der Waals surface area contributed by atoms with Gasteiger partial charge in [-0.2, -0.15) is 4.40 Å². The van der Waals surface area contributed by atoms with Crippen molar-refractivity contribution in [1.82, 2.24) is 4.90 Å². The van der Waals surface area contributed by atoms with Gasteiger partial charge in [-0.05, 0) is 36.4 Å². The van der Waals surface area contributed by atoms with Gasteiger partial charge >= 0.3 is 0 Å². The lowest BCUT2D eigenvalue weighted by molar-refractivity contribution is 0.572. The van der Waals surface area contributed by atoms with E-state index in [1.165, 1.54) is 24.1 Å². The summed E-state index contributed by atoms with van der Waals surface area (Å²) in [5.41, 5.74) is 0.903. The van der Waals surface area contributed by atoms with Gasteiger partial charge in [-0.3, -0.25) is 0 Å². The first-order valence-electron chi connectivity index (χ1n) is 5.22. The number of nitrogens with one attached hydrogen (secondary N) is 1. The van der Waals surface area contributed by atoms with Gasteiger partial charge in [0.05, 0.1) is 0 Å². The van der Waals surface area contributed by atoms with Crippen molar-refractivity contribution in [3.63, 3.8) is 0 Å². The Kier molecular flexibility index (Phi) is 2.60. The Labute approximate surface area is 103 Å². The molecule has 0 amide bonds. The average Bonchev–Trinajstić information content (AvgIpc) is 2.76. The summed E-state index contributed by atoms with van der Waals surface area (Å²) < 4.78 is 17.1. The molecule has 2 aliphatic heterocycles. The summed E-state index contributed by atoms with van der Waals surface area (Å²) >= 11 is 1.45. The lowest BCUT2D eigenvalue weighted by Gasteiger charge is -2.24. The molecule has 17 heavy (non-hydrogen) atoms. The molecule has 1 aromatic carbocycles. The number of rotatable bonds is 2. The second-order valence-electron chi connectivity index (χ2n) is 3.67. The van der Waals surface area contributed by atoms with E-state index in [0.29, 0.717) is 0 Å². The third kappa shape index (κ3) is 2.06. The molecule has 5 heteroatoms. The lowest BCUT2D eigenvalue weighted by Crippen LogP contribution is -2.34. The van der Waals surface area contributed by atoms with Crippen LogP contribution in [0, 0.1) is 5.82 Å². The largest absolute Gasteiger partial charge is 0.355 e. The van der Waals surface area contributed by atoms with Crippen molar-refractivity contribution in [3.8, 4) is 0 Å². The Morgan fingerprint density at radius 1 is 1.24 bits per heavy atom. The quantitative estimate of drug-likeness (QED) is 0.814. The fourth-order valence-corrected chi connectivity index (χ4v) is 2.49. The van der Waals surface area contributed by atoms with Gasteiger partial charge in [-0.25, -0.2) is 4.39 Å². The van der Waals surface area contributed by atoms with Gasteiger partial charge in [0.15, 0.2) is 5.50 Å². The highest BCUT2D eigenvalue weighted by Crippen LogP contribution is 2.29. The van der Waals surface area contributed by atoms with E-state index in [-0.39, 0.29) is 11.3 Å². The molecular weight excluding hydrogens is 237 g/mol. The Balaban J connectivity index is 1.73. The van der Waals surface area contributed by atoms with Crippen molar-refractivity contribution >= 4 is 23.5 Å². The van der Waals surface area contributed by atoms with Gasteiger partial charge in [0.25, 0.3) is 0 Å². The summed E-state index contributed by atoms with van der Waals surface area (Å²) in [6.45, 7) is 0. The van der Waals surface area contributed by atoms with Gasteiger partial charge in [-0.1, -0.05) is 6.08 Å². The summed E-state index contributed by atoms with van der Waals surface area (Å²) in [5.74, 6) is 0.699. The first-order valence-corrected chi connectivity index (χ1v) is 6.06. The molecule has 0 saturated carbocycles. The fraction of sp³-hybridized carbons (Fsp3) is 0.0833. The fourth-order valence-electron chi connectivity index (χ4n) is 1.66. The molecule has 1 atom stereocenters. The van der Waals surface area contributed by atoms with E-state index in [0.717, 1.165) is 11.5 Å². The minimum absolute atomic E-state index is 0.0247. The lowest BCUT2D eigenvalue weighted by atomic mass is 10.3. The Morgan fingerprint density at radius 2 is 2.06 bits per heavy atom. The van der Waals surface area contributed by atoms with Gasteiger partial charge in [0, 0.05) is 23.8 Å². The number of amidine groups is 1.